The molecule has 6 N–H and O–H groups in total. The number of nitrogens with one attached hydrogen (secondary N) is 1. The molecule has 1 fully saturated rings. The third-order valence-corrected chi connectivity index (χ3v) is 14.3. The molecule has 404 valence electrons. The molecule has 0 aromatic rings. The summed E-state index contributed by atoms with van der Waals surface area (Å²) in [7, 11) is -5.09. The molecule has 1 aliphatic heterocycles. The zero-order chi connectivity index (χ0) is 49.8. The fourth-order valence-corrected chi connectivity index (χ4v) is 9.91. The van der Waals surface area contributed by atoms with E-state index in [1.54, 1.807) is 6.08 Å². The number of hydrogen-bond acceptors (Lipinski definition) is 10. The highest BCUT2D eigenvalue weighted by Crippen LogP contribution is 2.26. The Bertz CT molecular complexity index is 1260. The van der Waals surface area contributed by atoms with Crippen LogP contribution in [-0.4, -0.2) is 95.4 Å². The molecule has 0 radical (unpaired) electrons. The molecule has 0 aliphatic carbocycles. The zero-order valence-corrected chi connectivity index (χ0v) is 44.5. The van der Waals surface area contributed by atoms with E-state index in [2.05, 4.69) is 23.3 Å². The van der Waals surface area contributed by atoms with Gasteiger partial charge in [0.25, 0.3) is 0 Å². The third-order valence-electron chi connectivity index (χ3n) is 13.8. The Hall–Kier alpha value is -1.16. The van der Waals surface area contributed by atoms with E-state index in [0.717, 1.165) is 38.5 Å². The number of ether oxygens (including phenoxy) is 2. The van der Waals surface area contributed by atoms with Crippen molar-refractivity contribution in [3.05, 3.63) is 12.2 Å². The van der Waals surface area contributed by atoms with Crippen molar-refractivity contribution in [3.8, 4) is 0 Å². The van der Waals surface area contributed by atoms with Crippen molar-refractivity contribution in [2.45, 2.75) is 320 Å². The van der Waals surface area contributed by atoms with Crippen LogP contribution in [0.25, 0.3) is 0 Å². The van der Waals surface area contributed by atoms with Crippen LogP contribution in [0.4, 0.5) is 0 Å². The SMILES string of the molecule is CCCCCCCCCCCCCCC/C=C/C(O)C(COC1OC(CO)C(O)C(OS(=O)(=O)O)C1O)NC(=O)CCCCCCCCCCCCCCCCCCCCCCCCCCCC. The third kappa shape index (κ3) is 37.6. The molecule has 0 saturated carbocycles. The topological polar surface area (TPSA) is 192 Å². The van der Waals surface area contributed by atoms with Crippen LogP contribution in [0.15, 0.2) is 12.2 Å². The Morgan fingerprint density at radius 1 is 0.574 bits per heavy atom. The number of aliphatic hydroxyl groups is 4. The second-order valence-electron chi connectivity index (χ2n) is 20.2. The predicted octanol–water partition coefficient (Wildman–Crippen LogP) is 13.1. The Morgan fingerprint density at radius 2 is 0.926 bits per heavy atom. The number of carbonyl (C=O) groups excluding carboxylic acids is 1. The molecule has 1 saturated heterocycles. The first kappa shape index (κ1) is 64.9. The summed E-state index contributed by atoms with van der Waals surface area (Å²) in [6.45, 7) is 3.43. The minimum absolute atomic E-state index is 0.256. The van der Waals surface area contributed by atoms with E-state index in [1.807, 2.05) is 6.08 Å². The molecule has 0 bridgehead atoms. The minimum atomic E-state index is -5.09. The fraction of sp³-hybridized carbons (Fsp3) is 0.945. The molecule has 0 aromatic heterocycles. The molecule has 12 nitrogen and oxygen atoms in total. The highest BCUT2D eigenvalue weighted by atomic mass is 32.3. The molecule has 1 amide bonds. The predicted molar refractivity (Wildman–Crippen MR) is 278 cm³/mol. The van der Waals surface area contributed by atoms with Crippen molar-refractivity contribution in [2.24, 2.45) is 0 Å². The summed E-state index contributed by atoms with van der Waals surface area (Å²) >= 11 is 0. The first-order valence-corrected chi connectivity index (χ1v) is 29.9. The van der Waals surface area contributed by atoms with Gasteiger partial charge in [0.05, 0.1) is 25.4 Å². The summed E-state index contributed by atoms with van der Waals surface area (Å²) in [6, 6.07) is -0.939. The maximum atomic E-state index is 13.1. The van der Waals surface area contributed by atoms with Crippen LogP contribution in [0.5, 0.6) is 0 Å². The average Bonchev–Trinajstić information content (AvgIpc) is 3.31. The van der Waals surface area contributed by atoms with Crippen molar-refractivity contribution < 1.29 is 51.8 Å². The van der Waals surface area contributed by atoms with Gasteiger partial charge in [-0.15, -0.1) is 0 Å². The van der Waals surface area contributed by atoms with Crippen LogP contribution in [0.1, 0.15) is 277 Å². The van der Waals surface area contributed by atoms with Gasteiger partial charge in [0, 0.05) is 6.42 Å². The fourth-order valence-electron chi connectivity index (χ4n) is 9.40. The van der Waals surface area contributed by atoms with E-state index in [-0.39, 0.29) is 18.9 Å². The van der Waals surface area contributed by atoms with Crippen LogP contribution in [0.2, 0.25) is 0 Å². The maximum absolute atomic E-state index is 13.1. The lowest BCUT2D eigenvalue weighted by atomic mass is 9.99. The van der Waals surface area contributed by atoms with E-state index in [9.17, 15) is 38.2 Å². The standard InChI is InChI=1S/C55H107NO11S/c1-3-5-7-9-11-13-15-17-19-20-21-22-23-24-25-26-27-28-29-31-33-35-37-39-41-43-45-51(59)56-48(47-65-55-53(61)54(67-68(62,63)64)52(60)50(46-57)66-55)49(58)44-42-40-38-36-34-32-30-18-16-14-12-10-8-6-4-2/h42,44,48-50,52-55,57-58,60-61H,3-41,43,45-47H2,1-2H3,(H,56,59)(H,62,63,64)/b44-42+. The summed E-state index contributed by atoms with van der Waals surface area (Å²) in [4.78, 5) is 13.1. The smallest absolute Gasteiger partial charge is 0.394 e. The van der Waals surface area contributed by atoms with Gasteiger partial charge in [-0.2, -0.15) is 8.42 Å². The van der Waals surface area contributed by atoms with Crippen molar-refractivity contribution >= 4 is 16.3 Å². The molecular formula is C55H107NO11S. The summed E-state index contributed by atoms with van der Waals surface area (Å²) in [6.07, 6.45) is 45.5. The van der Waals surface area contributed by atoms with Crippen molar-refractivity contribution in [1.29, 1.82) is 0 Å². The van der Waals surface area contributed by atoms with E-state index in [1.165, 1.54) is 212 Å². The lowest BCUT2D eigenvalue weighted by Crippen LogP contribution is -2.61. The molecule has 68 heavy (non-hydrogen) atoms. The van der Waals surface area contributed by atoms with Crippen molar-refractivity contribution in [1.82, 2.24) is 5.32 Å². The van der Waals surface area contributed by atoms with Gasteiger partial charge < -0.3 is 35.2 Å². The Kier molecular flexibility index (Phi) is 43.6. The number of allylic oxidation sites excluding steroid dienone is 1. The molecule has 7 unspecified atom stereocenters. The number of rotatable bonds is 50. The van der Waals surface area contributed by atoms with Gasteiger partial charge in [-0.05, 0) is 19.3 Å². The van der Waals surface area contributed by atoms with E-state index in [0.29, 0.717) is 6.42 Å². The van der Waals surface area contributed by atoms with E-state index >= 15 is 0 Å². The molecule has 7 atom stereocenters. The Morgan fingerprint density at radius 3 is 1.28 bits per heavy atom. The maximum Gasteiger partial charge on any atom is 0.397 e. The van der Waals surface area contributed by atoms with Gasteiger partial charge in [0.2, 0.25) is 5.91 Å². The quantitative estimate of drug-likeness (QED) is 0.0193. The Balaban J connectivity index is 2.32. The van der Waals surface area contributed by atoms with Gasteiger partial charge in [0.1, 0.15) is 24.4 Å². The van der Waals surface area contributed by atoms with Crippen LogP contribution in [-0.2, 0) is 28.9 Å². The molecule has 1 heterocycles. The monoisotopic (exact) mass is 990 g/mol. The summed E-state index contributed by atoms with van der Waals surface area (Å²) in [5.74, 6) is -0.256. The summed E-state index contributed by atoms with van der Waals surface area (Å²) in [5, 5.41) is 44.9. The molecule has 0 aromatic carbocycles. The average molecular weight is 991 g/mol. The lowest BCUT2D eigenvalue weighted by molar-refractivity contribution is -0.298. The number of hydrogen-bond donors (Lipinski definition) is 6. The first-order valence-electron chi connectivity index (χ1n) is 28.6. The van der Waals surface area contributed by atoms with Gasteiger partial charge in [-0.25, -0.2) is 4.18 Å². The highest BCUT2D eigenvalue weighted by Gasteiger charge is 2.48. The normalized spacial score (nSPS) is 19.8. The Labute approximate surface area is 417 Å². The van der Waals surface area contributed by atoms with Crippen LogP contribution in [0.3, 0.4) is 0 Å². The minimum Gasteiger partial charge on any atom is -0.394 e. The molecule has 1 rings (SSSR count). The van der Waals surface area contributed by atoms with Crippen molar-refractivity contribution in [2.75, 3.05) is 13.2 Å². The summed E-state index contributed by atoms with van der Waals surface area (Å²) < 4.78 is 47.8. The van der Waals surface area contributed by atoms with Gasteiger partial charge >= 0.3 is 10.4 Å². The van der Waals surface area contributed by atoms with Crippen molar-refractivity contribution in [3.63, 3.8) is 0 Å². The van der Waals surface area contributed by atoms with Crippen LogP contribution in [0, 0.1) is 0 Å². The summed E-state index contributed by atoms with van der Waals surface area (Å²) in [5.41, 5.74) is 0. The van der Waals surface area contributed by atoms with Crippen LogP contribution >= 0.6 is 0 Å². The molecule has 13 heteroatoms. The second kappa shape index (κ2) is 45.7. The number of unbranched alkanes of at least 4 members (excludes halogenated alkanes) is 38. The molecule has 0 spiro atoms. The van der Waals surface area contributed by atoms with E-state index in [4.69, 9.17) is 9.47 Å². The number of carbonyl (C=O) groups is 1. The first-order chi connectivity index (χ1) is 33.0. The molecular weight excluding hydrogens is 883 g/mol. The van der Waals surface area contributed by atoms with Gasteiger partial charge in [-0.3, -0.25) is 9.35 Å². The van der Waals surface area contributed by atoms with Gasteiger partial charge in [0.15, 0.2) is 6.29 Å². The molecule has 1 aliphatic rings. The number of amides is 1. The van der Waals surface area contributed by atoms with E-state index < -0.39 is 59.9 Å². The van der Waals surface area contributed by atoms with Gasteiger partial charge in [-0.1, -0.05) is 264 Å². The highest BCUT2D eigenvalue weighted by molar-refractivity contribution is 7.80. The lowest BCUT2D eigenvalue weighted by Gasteiger charge is -2.41. The largest absolute Gasteiger partial charge is 0.397 e. The zero-order valence-electron chi connectivity index (χ0n) is 43.7. The van der Waals surface area contributed by atoms with Crippen LogP contribution < -0.4 is 5.32 Å². The number of aliphatic hydroxyl groups excluding tert-OH is 4. The second-order valence-corrected chi connectivity index (χ2v) is 21.3.